The number of thioether (sulfide) groups is 1. The van der Waals surface area contributed by atoms with E-state index < -0.39 is 23.9 Å². The van der Waals surface area contributed by atoms with E-state index in [9.17, 15) is 29.7 Å². The van der Waals surface area contributed by atoms with Crippen molar-refractivity contribution in [2.75, 3.05) is 6.26 Å². The van der Waals surface area contributed by atoms with E-state index in [0.29, 0.717) is 24.2 Å². The van der Waals surface area contributed by atoms with Crippen molar-refractivity contribution in [1.82, 2.24) is 9.30 Å². The Morgan fingerprint density at radius 2 is 1.87 bits per heavy atom. The van der Waals surface area contributed by atoms with Crippen LogP contribution in [0.5, 0.6) is 5.75 Å². The highest BCUT2D eigenvalue weighted by molar-refractivity contribution is 7.98. The molecule has 0 saturated carbocycles. The Labute approximate surface area is 288 Å². The molecular weight excluding hydrogens is 750 g/mol. The van der Waals surface area contributed by atoms with E-state index in [2.05, 4.69) is 4.57 Å². The minimum Gasteiger partial charge on any atom is -1.00 e. The van der Waals surface area contributed by atoms with E-state index in [-0.39, 0.29) is 63.3 Å². The molecule has 4 aromatic rings. The van der Waals surface area contributed by atoms with Gasteiger partial charge in [0, 0.05) is 23.1 Å². The molecule has 0 unspecified atom stereocenters. The molecular formula is C30H31Br2N5O6S2. The van der Waals surface area contributed by atoms with Crippen molar-refractivity contribution in [3.63, 3.8) is 0 Å². The minimum absolute atomic E-state index is 0. The van der Waals surface area contributed by atoms with Crippen LogP contribution in [0.2, 0.25) is 0 Å². The number of phenolic OH excluding ortho intramolecular Hbond substituents is 1. The monoisotopic (exact) mass is 779 g/mol. The molecule has 2 aliphatic rings. The molecule has 0 bridgehead atoms. The number of pyridine rings is 1. The number of carboxylic acid groups (broad SMARTS) is 1. The maximum Gasteiger partial charge on any atom is 0.352 e. The van der Waals surface area contributed by atoms with Gasteiger partial charge < -0.3 is 59.9 Å². The van der Waals surface area contributed by atoms with Crippen LogP contribution >= 0.6 is 23.1 Å². The summed E-state index contributed by atoms with van der Waals surface area (Å²) in [5, 5.41) is 31.7. The van der Waals surface area contributed by atoms with Crippen molar-refractivity contribution in [3.8, 4) is 5.75 Å². The molecule has 1 saturated heterocycles. The number of rotatable bonds is 9. The van der Waals surface area contributed by atoms with Gasteiger partial charge in [-0.2, -0.15) is 8.97 Å². The number of hydrogen-bond acceptors (Lipinski definition) is 7. The summed E-state index contributed by atoms with van der Waals surface area (Å²) in [5.41, 5.74) is 8.15. The van der Waals surface area contributed by atoms with E-state index in [0.717, 1.165) is 25.9 Å². The zero-order chi connectivity index (χ0) is 30.7. The second kappa shape index (κ2) is 13.2. The van der Waals surface area contributed by atoms with Crippen LogP contribution in [-0.2, 0) is 22.7 Å². The molecule has 2 amide bonds. The maximum atomic E-state index is 12.8. The smallest absolute Gasteiger partial charge is 0.352 e. The van der Waals surface area contributed by atoms with Crippen LogP contribution in [-0.4, -0.2) is 60.8 Å². The topological polar surface area (TPSA) is 153 Å². The molecule has 5 N–H and O–H groups in total. The van der Waals surface area contributed by atoms with Crippen molar-refractivity contribution in [2.45, 2.75) is 44.1 Å². The van der Waals surface area contributed by atoms with Gasteiger partial charge in [-0.3, -0.25) is 9.59 Å². The molecule has 0 aliphatic carbocycles. The summed E-state index contributed by atoms with van der Waals surface area (Å²) in [6, 6.07) is 8.42. The SMILES string of the molecule is CSc1c2sc(C3=C(C(=O)O)N4C(=O)[C@H]([C@@H](C)O)[C@H]4[C@H]3C)cn2c[n+]1Cc1cc(O)cc(C[n+]2cccc(C(N)=O)c2)c1.[Br-].[Br-]. The molecule has 15 heteroatoms. The number of nitrogens with zero attached hydrogens (tertiary/aromatic N) is 4. The standard InChI is InChI=1S/C30H29N5O6S2.2BrH/c1-15-22(25(30(40)41)35-24(15)23(16(2)36)27(35)39)21-13-34-14-33(28(42-3)29(34)43-21)11-18-7-17(8-20(37)9-18)10-32-6-4-5-19(12-32)26(31)38;;/h4-9,12-16,23-24,36H,10-11H2,1-3H3,(H2-2,31,37,38,40,41);2*1H/t15-,16+,23+,24+;;/m0../s1. The summed E-state index contributed by atoms with van der Waals surface area (Å²) in [6.45, 7) is 4.40. The van der Waals surface area contributed by atoms with Crippen molar-refractivity contribution in [3.05, 3.63) is 82.5 Å². The number of β-lactam (4-membered cyclic amide) rings is 1. The fourth-order valence-electron chi connectivity index (χ4n) is 6.37. The average Bonchev–Trinajstić information content (AvgIpc) is 3.55. The number of nitrogens with two attached hydrogens (primary N) is 1. The number of aromatic nitrogens is 3. The first-order valence-corrected chi connectivity index (χ1v) is 15.7. The van der Waals surface area contributed by atoms with Crippen molar-refractivity contribution >= 4 is 51.3 Å². The molecule has 1 fully saturated rings. The van der Waals surface area contributed by atoms with Crippen LogP contribution in [0.4, 0.5) is 0 Å². The molecule has 0 radical (unpaired) electrons. The van der Waals surface area contributed by atoms with Gasteiger partial charge in [-0.1, -0.05) is 30.0 Å². The number of phenols is 1. The van der Waals surface area contributed by atoms with E-state index in [1.807, 2.05) is 46.9 Å². The largest absolute Gasteiger partial charge is 1.00 e. The highest BCUT2D eigenvalue weighted by Crippen LogP contribution is 2.51. The number of imidazole rings is 1. The number of amides is 2. The second-order valence-corrected chi connectivity index (χ2v) is 12.8. The molecule has 45 heavy (non-hydrogen) atoms. The van der Waals surface area contributed by atoms with Gasteiger partial charge in [0.25, 0.3) is 12.2 Å². The Balaban J connectivity index is 0.00000230. The number of aromatic hydroxyl groups is 1. The first kappa shape index (κ1) is 34.6. The number of aliphatic hydroxyl groups is 1. The lowest BCUT2D eigenvalue weighted by atomic mass is 9.77. The summed E-state index contributed by atoms with van der Waals surface area (Å²) in [6.07, 6.45) is 8.45. The Morgan fingerprint density at radius 3 is 2.49 bits per heavy atom. The van der Waals surface area contributed by atoms with E-state index in [1.54, 1.807) is 49.1 Å². The minimum atomic E-state index is -1.15. The van der Waals surface area contributed by atoms with Gasteiger partial charge in [-0.25, -0.2) is 9.36 Å². The maximum absolute atomic E-state index is 12.8. The number of fused-ring (bicyclic) bond motifs is 2. The number of aliphatic carboxylic acids is 1. The van der Waals surface area contributed by atoms with Crippen LogP contribution in [0.1, 0.15) is 40.2 Å². The van der Waals surface area contributed by atoms with E-state index in [1.165, 1.54) is 16.2 Å². The first-order chi connectivity index (χ1) is 20.5. The van der Waals surface area contributed by atoms with Gasteiger partial charge in [0.05, 0.1) is 22.9 Å². The fourth-order valence-corrected chi connectivity index (χ4v) is 8.55. The Kier molecular flexibility index (Phi) is 10.2. The summed E-state index contributed by atoms with van der Waals surface area (Å²) in [4.78, 5) is 39.7. The third-order valence-electron chi connectivity index (χ3n) is 8.14. The highest BCUT2D eigenvalue weighted by Gasteiger charge is 2.60. The lowest BCUT2D eigenvalue weighted by molar-refractivity contribution is -0.721. The number of carbonyl (C=O) groups excluding carboxylic acids is 2. The van der Waals surface area contributed by atoms with Crippen LogP contribution in [0.25, 0.3) is 10.4 Å². The number of benzene rings is 1. The fraction of sp³-hybridized carbons (Fsp3) is 0.300. The second-order valence-electron chi connectivity index (χ2n) is 11.0. The summed E-state index contributed by atoms with van der Waals surface area (Å²) in [5.74, 6) is -2.75. The van der Waals surface area contributed by atoms with Crippen molar-refractivity contribution in [1.29, 1.82) is 0 Å². The zero-order valence-corrected chi connectivity index (χ0v) is 29.2. The van der Waals surface area contributed by atoms with Crippen LogP contribution in [0.3, 0.4) is 0 Å². The van der Waals surface area contributed by atoms with Crippen LogP contribution < -0.4 is 48.8 Å². The summed E-state index contributed by atoms with van der Waals surface area (Å²) < 4.78 is 5.87. The Morgan fingerprint density at radius 1 is 1.18 bits per heavy atom. The van der Waals surface area contributed by atoms with Gasteiger partial charge in [0.2, 0.25) is 15.8 Å². The molecule has 238 valence electrons. The van der Waals surface area contributed by atoms with Gasteiger partial charge in [-0.15, -0.1) is 0 Å². The van der Waals surface area contributed by atoms with Gasteiger partial charge in [0.1, 0.15) is 29.8 Å². The molecule has 1 aromatic carbocycles. The van der Waals surface area contributed by atoms with Gasteiger partial charge >= 0.3 is 5.97 Å². The molecule has 4 atom stereocenters. The van der Waals surface area contributed by atoms with E-state index in [4.69, 9.17) is 5.73 Å². The number of halogens is 2. The van der Waals surface area contributed by atoms with Crippen LogP contribution in [0.15, 0.2) is 66.0 Å². The number of carboxylic acids is 1. The highest BCUT2D eigenvalue weighted by atomic mass is 79.9. The number of hydrogen-bond donors (Lipinski definition) is 4. The van der Waals surface area contributed by atoms with Gasteiger partial charge in [-0.05, 0) is 43.0 Å². The quantitative estimate of drug-likeness (QED) is 0.0766. The van der Waals surface area contributed by atoms with Crippen molar-refractivity contribution in [2.24, 2.45) is 17.6 Å². The van der Waals surface area contributed by atoms with E-state index >= 15 is 0 Å². The number of primary amides is 1. The molecule has 11 nitrogen and oxygen atoms in total. The molecule has 6 rings (SSSR count). The average molecular weight is 782 g/mol. The van der Waals surface area contributed by atoms with Crippen LogP contribution in [0, 0.1) is 11.8 Å². The predicted molar refractivity (Wildman–Crippen MR) is 158 cm³/mol. The molecule has 5 heterocycles. The van der Waals surface area contributed by atoms with Gasteiger partial charge in [0.15, 0.2) is 18.9 Å². The molecule has 0 spiro atoms. The normalized spacial score (nSPS) is 19.5. The summed E-state index contributed by atoms with van der Waals surface area (Å²) >= 11 is 3.03. The third-order valence-corrected chi connectivity index (χ3v) is 10.2. The number of thiazole rings is 1. The Bertz CT molecular complexity index is 1860. The molecule has 2 aliphatic heterocycles. The lowest BCUT2D eigenvalue weighted by Crippen LogP contribution is -3.00. The van der Waals surface area contributed by atoms with Crippen molar-refractivity contribution < 1.29 is 72.8 Å². The first-order valence-electron chi connectivity index (χ1n) is 13.7. The Hall–Kier alpha value is -3.24. The zero-order valence-electron chi connectivity index (χ0n) is 24.4. The predicted octanol–water partition coefficient (Wildman–Crippen LogP) is -4.14. The number of carbonyl (C=O) groups is 3. The lowest BCUT2D eigenvalue weighted by Gasteiger charge is -2.46. The molecule has 3 aromatic heterocycles. The third kappa shape index (κ3) is 6.03. The summed E-state index contributed by atoms with van der Waals surface area (Å²) in [7, 11) is 0. The number of aliphatic hydroxyl groups excluding tert-OH is 1.